The van der Waals surface area contributed by atoms with Gasteiger partial charge in [-0.05, 0) is 45.0 Å². The van der Waals surface area contributed by atoms with E-state index in [0.29, 0.717) is 5.56 Å². The van der Waals surface area contributed by atoms with E-state index in [4.69, 9.17) is 0 Å². The monoisotopic (exact) mass is 381 g/mol. The van der Waals surface area contributed by atoms with Crippen LogP contribution in [-0.2, 0) is 4.79 Å². The van der Waals surface area contributed by atoms with Gasteiger partial charge in [0.05, 0.1) is 22.8 Å². The number of aromatic nitrogens is 1. The summed E-state index contributed by atoms with van der Waals surface area (Å²) in [7, 11) is 1.74. The molecule has 0 saturated carbocycles. The minimum atomic E-state index is -0.240. The average Bonchev–Trinajstić information content (AvgIpc) is 3.08. The number of rotatable bonds is 5. The zero-order valence-corrected chi connectivity index (χ0v) is 16.8. The number of aryl methyl sites for hydroxylation is 2. The van der Waals surface area contributed by atoms with Gasteiger partial charge in [-0.3, -0.25) is 9.59 Å². The maximum atomic E-state index is 12.5. The van der Waals surface area contributed by atoms with Gasteiger partial charge in [-0.2, -0.15) is 0 Å². The summed E-state index contributed by atoms with van der Waals surface area (Å²) in [6.45, 7) is 5.80. The van der Waals surface area contributed by atoms with Gasteiger partial charge in [0, 0.05) is 12.6 Å². The van der Waals surface area contributed by atoms with Crippen LogP contribution in [0.5, 0.6) is 0 Å². The Morgan fingerprint density at radius 3 is 2.48 bits per heavy atom. The summed E-state index contributed by atoms with van der Waals surface area (Å²) in [5.74, 6) is -0.393. The molecule has 1 atom stereocenters. The number of hydrogen-bond acceptors (Lipinski definition) is 4. The van der Waals surface area contributed by atoms with Crippen LogP contribution in [0.15, 0.2) is 42.5 Å². The van der Waals surface area contributed by atoms with Crippen molar-refractivity contribution in [1.82, 2.24) is 15.2 Å². The molecule has 1 heterocycles. The molecular weight excluding hydrogens is 358 g/mol. The quantitative estimate of drug-likeness (QED) is 0.730. The second kappa shape index (κ2) is 7.88. The number of likely N-dealkylation sites (N-methyl/N-ethyl adjacent to an activating group) is 1. The van der Waals surface area contributed by atoms with E-state index in [0.717, 1.165) is 26.4 Å². The molecule has 0 aliphatic rings. The Labute approximate surface area is 163 Å². The zero-order chi connectivity index (χ0) is 19.6. The highest BCUT2D eigenvalue weighted by atomic mass is 32.1. The van der Waals surface area contributed by atoms with Gasteiger partial charge in [0.2, 0.25) is 5.91 Å². The lowest BCUT2D eigenvalue weighted by Crippen LogP contribution is -2.39. The predicted molar refractivity (Wildman–Crippen MR) is 109 cm³/mol. The number of nitrogens with one attached hydrogen (secondary N) is 1. The van der Waals surface area contributed by atoms with Crippen molar-refractivity contribution in [2.75, 3.05) is 13.6 Å². The molecule has 140 valence electrons. The normalized spacial score (nSPS) is 12.0. The molecule has 1 N–H and O–H groups in total. The number of amides is 2. The number of para-hydroxylation sites is 1. The third-order valence-corrected chi connectivity index (χ3v) is 5.73. The molecule has 3 aromatic rings. The van der Waals surface area contributed by atoms with Gasteiger partial charge in [-0.25, -0.2) is 4.98 Å². The number of thiazole rings is 1. The Morgan fingerprint density at radius 2 is 1.81 bits per heavy atom. The minimum Gasteiger partial charge on any atom is -0.343 e. The smallest absolute Gasteiger partial charge is 0.251 e. The average molecular weight is 382 g/mol. The van der Waals surface area contributed by atoms with Crippen molar-refractivity contribution in [3.63, 3.8) is 0 Å². The fourth-order valence-corrected chi connectivity index (χ4v) is 4.00. The van der Waals surface area contributed by atoms with E-state index in [1.807, 2.05) is 63.2 Å². The van der Waals surface area contributed by atoms with Gasteiger partial charge < -0.3 is 10.2 Å². The van der Waals surface area contributed by atoms with E-state index >= 15 is 0 Å². The molecule has 0 spiro atoms. The second-order valence-electron chi connectivity index (χ2n) is 6.76. The lowest BCUT2D eigenvalue weighted by molar-refractivity contribution is -0.130. The number of carbonyl (C=O) groups excluding carboxylic acids is 2. The highest BCUT2D eigenvalue weighted by molar-refractivity contribution is 7.18. The molecule has 0 fully saturated rings. The van der Waals surface area contributed by atoms with Crippen LogP contribution in [0.1, 0.15) is 39.5 Å². The van der Waals surface area contributed by atoms with E-state index < -0.39 is 0 Å². The third-order valence-electron chi connectivity index (χ3n) is 4.53. The number of carbonyl (C=O) groups is 2. The summed E-state index contributed by atoms with van der Waals surface area (Å²) >= 11 is 1.58. The van der Waals surface area contributed by atoms with E-state index in [1.54, 1.807) is 23.3 Å². The Bertz CT molecular complexity index is 943. The standard InChI is InChI=1S/C21H23N3O2S/c1-13-9-14(2)11-16(10-13)20(26)22-12-19(25)24(4)15(3)21-23-17-7-5-6-8-18(17)27-21/h5-11,15H,12H2,1-4H3,(H,22,26)/t15-/m1/s1. The Morgan fingerprint density at radius 1 is 1.15 bits per heavy atom. The van der Waals surface area contributed by atoms with Gasteiger partial charge >= 0.3 is 0 Å². The Balaban J connectivity index is 1.63. The summed E-state index contributed by atoms with van der Waals surface area (Å²) in [6, 6.07) is 13.4. The maximum Gasteiger partial charge on any atom is 0.251 e. The minimum absolute atomic E-state index is 0.0441. The first kappa shape index (κ1) is 19.0. The molecule has 6 heteroatoms. The fourth-order valence-electron chi connectivity index (χ4n) is 2.94. The molecule has 3 rings (SSSR count). The van der Waals surface area contributed by atoms with Gasteiger partial charge in [-0.15, -0.1) is 11.3 Å². The number of fused-ring (bicyclic) bond motifs is 1. The van der Waals surface area contributed by atoms with Crippen LogP contribution in [0.3, 0.4) is 0 Å². The molecule has 1 aromatic heterocycles. The van der Waals surface area contributed by atoms with Crippen LogP contribution in [0.25, 0.3) is 10.2 Å². The molecule has 2 aromatic carbocycles. The number of nitrogens with zero attached hydrogens (tertiary/aromatic N) is 2. The summed E-state index contributed by atoms with van der Waals surface area (Å²) in [4.78, 5) is 31.1. The highest BCUT2D eigenvalue weighted by Gasteiger charge is 2.21. The van der Waals surface area contributed by atoms with Crippen LogP contribution < -0.4 is 5.32 Å². The molecule has 0 saturated heterocycles. The third kappa shape index (κ3) is 4.34. The Kier molecular flexibility index (Phi) is 5.56. The first-order valence-electron chi connectivity index (χ1n) is 8.83. The number of hydrogen-bond donors (Lipinski definition) is 1. The summed E-state index contributed by atoms with van der Waals surface area (Å²) < 4.78 is 1.10. The van der Waals surface area contributed by atoms with Crippen molar-refractivity contribution in [1.29, 1.82) is 0 Å². The van der Waals surface area contributed by atoms with Gasteiger partial charge in [0.25, 0.3) is 5.91 Å². The molecule has 5 nitrogen and oxygen atoms in total. The Hall–Kier alpha value is -2.73. The SMILES string of the molecule is Cc1cc(C)cc(C(=O)NCC(=O)N(C)[C@H](C)c2nc3ccccc3s2)c1. The van der Waals surface area contributed by atoms with Crippen molar-refractivity contribution in [3.05, 3.63) is 64.2 Å². The van der Waals surface area contributed by atoms with E-state index in [9.17, 15) is 9.59 Å². The van der Waals surface area contributed by atoms with Crippen molar-refractivity contribution in [2.45, 2.75) is 26.8 Å². The molecular formula is C21H23N3O2S. The van der Waals surface area contributed by atoms with Crippen LogP contribution in [0.4, 0.5) is 0 Å². The summed E-state index contributed by atoms with van der Waals surface area (Å²) in [5, 5.41) is 3.60. The van der Waals surface area contributed by atoms with Crippen molar-refractivity contribution >= 4 is 33.4 Å². The lowest BCUT2D eigenvalue weighted by atomic mass is 10.1. The fraction of sp³-hybridized carbons (Fsp3) is 0.286. The van der Waals surface area contributed by atoms with Crippen LogP contribution in [0, 0.1) is 13.8 Å². The van der Waals surface area contributed by atoms with Gasteiger partial charge in [0.15, 0.2) is 0 Å². The molecule has 0 bridgehead atoms. The summed E-state index contributed by atoms with van der Waals surface area (Å²) in [6.07, 6.45) is 0. The maximum absolute atomic E-state index is 12.5. The largest absolute Gasteiger partial charge is 0.343 e. The van der Waals surface area contributed by atoms with Crippen LogP contribution in [-0.4, -0.2) is 35.3 Å². The van der Waals surface area contributed by atoms with Crippen LogP contribution in [0.2, 0.25) is 0 Å². The summed E-state index contributed by atoms with van der Waals surface area (Å²) in [5.41, 5.74) is 3.55. The van der Waals surface area contributed by atoms with Crippen molar-refractivity contribution < 1.29 is 9.59 Å². The van der Waals surface area contributed by atoms with Crippen molar-refractivity contribution in [3.8, 4) is 0 Å². The molecule has 0 aliphatic carbocycles. The predicted octanol–water partition coefficient (Wildman–Crippen LogP) is 3.86. The second-order valence-corrected chi connectivity index (χ2v) is 7.82. The molecule has 0 radical (unpaired) electrons. The molecule has 27 heavy (non-hydrogen) atoms. The van der Waals surface area contributed by atoms with Crippen LogP contribution >= 0.6 is 11.3 Å². The first-order valence-corrected chi connectivity index (χ1v) is 9.64. The lowest BCUT2D eigenvalue weighted by Gasteiger charge is -2.23. The van der Waals surface area contributed by atoms with E-state index in [-0.39, 0.29) is 24.4 Å². The molecule has 2 amide bonds. The zero-order valence-electron chi connectivity index (χ0n) is 15.9. The van der Waals surface area contributed by atoms with Crippen molar-refractivity contribution in [2.24, 2.45) is 0 Å². The molecule has 0 unspecified atom stereocenters. The number of benzene rings is 2. The first-order chi connectivity index (χ1) is 12.8. The van der Waals surface area contributed by atoms with Gasteiger partial charge in [-0.1, -0.05) is 29.3 Å². The highest BCUT2D eigenvalue weighted by Crippen LogP contribution is 2.28. The van der Waals surface area contributed by atoms with E-state index in [2.05, 4.69) is 10.3 Å². The van der Waals surface area contributed by atoms with E-state index in [1.165, 1.54) is 0 Å². The molecule has 0 aliphatic heterocycles. The van der Waals surface area contributed by atoms with Gasteiger partial charge in [0.1, 0.15) is 5.01 Å². The topological polar surface area (TPSA) is 62.3 Å².